The topological polar surface area (TPSA) is 0 Å². The third kappa shape index (κ3) is 2.33. The minimum atomic E-state index is 1.12. The summed E-state index contributed by atoms with van der Waals surface area (Å²) in [4.78, 5) is 0. The molecule has 0 aromatic heterocycles. The minimum absolute atomic E-state index is 1.12. The van der Waals surface area contributed by atoms with Crippen molar-refractivity contribution in [3.63, 3.8) is 0 Å². The van der Waals surface area contributed by atoms with Gasteiger partial charge in [-0.2, -0.15) is 0 Å². The molecular weight excluding hydrogens is 252 g/mol. The second-order valence-corrected chi connectivity index (χ2v) is 6.55. The average molecular weight is 274 g/mol. The summed E-state index contributed by atoms with van der Waals surface area (Å²) in [6.07, 6.45) is 14.5. The van der Waals surface area contributed by atoms with E-state index in [-0.39, 0.29) is 0 Å². The van der Waals surface area contributed by atoms with Crippen molar-refractivity contribution in [2.75, 3.05) is 0 Å². The number of hydrogen-bond acceptors (Lipinski definition) is 0. The average Bonchev–Trinajstić information content (AvgIpc) is 2.87. The van der Waals surface area contributed by atoms with E-state index < -0.39 is 0 Å². The number of rotatable bonds is 2. The Labute approximate surface area is 127 Å². The Morgan fingerprint density at radius 3 is 2.95 bits per heavy atom. The lowest BCUT2D eigenvalue weighted by Crippen LogP contribution is -2.03. The van der Waals surface area contributed by atoms with Crippen molar-refractivity contribution in [1.82, 2.24) is 0 Å². The van der Waals surface area contributed by atoms with Crippen molar-refractivity contribution in [1.29, 1.82) is 0 Å². The van der Waals surface area contributed by atoms with Gasteiger partial charge >= 0.3 is 0 Å². The molecule has 106 valence electrons. The van der Waals surface area contributed by atoms with Crippen LogP contribution < -0.4 is 0 Å². The van der Waals surface area contributed by atoms with Crippen LogP contribution in [0.2, 0.25) is 0 Å². The zero-order valence-electron chi connectivity index (χ0n) is 12.8. The van der Waals surface area contributed by atoms with Crippen molar-refractivity contribution >= 4 is 0 Å². The molecule has 1 aromatic rings. The Balaban J connectivity index is 1.74. The highest BCUT2D eigenvalue weighted by Crippen LogP contribution is 2.46. The van der Waals surface area contributed by atoms with Gasteiger partial charge in [0.2, 0.25) is 0 Å². The number of hydrogen-bond donors (Lipinski definition) is 0. The summed E-state index contributed by atoms with van der Waals surface area (Å²) in [7, 11) is 0. The van der Waals surface area contributed by atoms with Gasteiger partial charge in [0.15, 0.2) is 0 Å². The Bertz CT molecular complexity index is 707. The molecular formula is C21H22. The largest absolute Gasteiger partial charge is 0.0836 e. The smallest absolute Gasteiger partial charge is 0.00548 e. The molecule has 4 rings (SSSR count). The first-order chi connectivity index (χ1) is 10.3. The predicted molar refractivity (Wildman–Crippen MR) is 89.2 cm³/mol. The van der Waals surface area contributed by atoms with Crippen LogP contribution in [-0.4, -0.2) is 0 Å². The molecule has 0 heterocycles. The molecule has 21 heavy (non-hydrogen) atoms. The first-order valence-electron chi connectivity index (χ1n) is 8.17. The van der Waals surface area contributed by atoms with Gasteiger partial charge in [-0.25, -0.2) is 0 Å². The van der Waals surface area contributed by atoms with Crippen LogP contribution in [0.1, 0.15) is 43.2 Å². The Hall–Kier alpha value is -1.82. The lowest BCUT2D eigenvalue weighted by molar-refractivity contribution is 0.877. The van der Waals surface area contributed by atoms with Gasteiger partial charge in [-0.05, 0) is 67.7 Å². The van der Waals surface area contributed by atoms with Crippen molar-refractivity contribution in [2.24, 2.45) is 0 Å². The lowest BCUT2D eigenvalue weighted by atomic mass is 9.85. The summed E-state index contributed by atoms with van der Waals surface area (Å²) in [6, 6.07) is 8.99. The van der Waals surface area contributed by atoms with Crippen LogP contribution in [0.5, 0.6) is 0 Å². The maximum absolute atomic E-state index is 2.49. The third-order valence-electron chi connectivity index (χ3n) is 4.96. The normalized spacial score (nSPS) is 20.5. The number of allylic oxidation sites excluding steroid dienone is 8. The number of benzene rings is 1. The maximum Gasteiger partial charge on any atom is -0.00548 e. The molecule has 3 aliphatic rings. The van der Waals surface area contributed by atoms with E-state index in [0.717, 1.165) is 6.42 Å². The van der Waals surface area contributed by atoms with Crippen LogP contribution in [0.3, 0.4) is 0 Å². The molecule has 0 saturated heterocycles. The predicted octanol–water partition coefficient (Wildman–Crippen LogP) is 5.60. The van der Waals surface area contributed by atoms with E-state index in [1.807, 2.05) is 0 Å². The summed E-state index contributed by atoms with van der Waals surface area (Å²) in [5, 5.41) is 0. The number of aryl methyl sites for hydroxylation is 1. The van der Waals surface area contributed by atoms with Crippen molar-refractivity contribution in [3.8, 4) is 0 Å². The van der Waals surface area contributed by atoms with Crippen LogP contribution in [0, 0.1) is 6.92 Å². The van der Waals surface area contributed by atoms with Gasteiger partial charge in [-0.1, -0.05) is 59.2 Å². The molecule has 0 amide bonds. The zero-order chi connectivity index (χ0) is 14.2. The van der Waals surface area contributed by atoms with Crippen molar-refractivity contribution < 1.29 is 0 Å². The summed E-state index contributed by atoms with van der Waals surface area (Å²) >= 11 is 0. The lowest BCUT2D eigenvalue weighted by Gasteiger charge is -2.19. The second kappa shape index (κ2) is 5.18. The van der Waals surface area contributed by atoms with E-state index in [1.54, 1.807) is 27.9 Å². The van der Waals surface area contributed by atoms with Crippen molar-refractivity contribution in [2.45, 2.75) is 45.4 Å². The molecule has 0 heteroatoms. The highest BCUT2D eigenvalue weighted by molar-refractivity contribution is 5.65. The van der Waals surface area contributed by atoms with Gasteiger partial charge in [0.25, 0.3) is 0 Å². The Kier molecular flexibility index (Phi) is 3.18. The highest BCUT2D eigenvalue weighted by Gasteiger charge is 2.28. The molecule has 0 atom stereocenters. The maximum atomic E-state index is 2.49. The van der Waals surface area contributed by atoms with E-state index in [4.69, 9.17) is 0 Å². The van der Waals surface area contributed by atoms with Gasteiger partial charge in [0, 0.05) is 0 Å². The zero-order valence-corrected chi connectivity index (χ0v) is 12.8. The summed E-state index contributed by atoms with van der Waals surface area (Å²) < 4.78 is 0. The molecule has 0 unspecified atom stereocenters. The summed E-state index contributed by atoms with van der Waals surface area (Å²) in [5.74, 6) is 0. The molecule has 0 N–H and O–H groups in total. The highest BCUT2D eigenvalue weighted by atomic mass is 14.3. The van der Waals surface area contributed by atoms with Crippen LogP contribution in [0.15, 0.2) is 70.4 Å². The van der Waals surface area contributed by atoms with Gasteiger partial charge in [-0.15, -0.1) is 0 Å². The molecule has 0 saturated carbocycles. The summed E-state index contributed by atoms with van der Waals surface area (Å²) in [5.41, 5.74) is 11.0. The first-order valence-corrected chi connectivity index (χ1v) is 8.17. The van der Waals surface area contributed by atoms with Gasteiger partial charge in [-0.3, -0.25) is 0 Å². The van der Waals surface area contributed by atoms with E-state index in [0.29, 0.717) is 0 Å². The summed E-state index contributed by atoms with van der Waals surface area (Å²) in [6.45, 7) is 2.19. The van der Waals surface area contributed by atoms with Crippen LogP contribution >= 0.6 is 0 Å². The molecule has 0 fully saturated rings. The molecule has 0 nitrogen and oxygen atoms in total. The molecule has 0 radical (unpaired) electrons. The fourth-order valence-electron chi connectivity index (χ4n) is 4.03. The van der Waals surface area contributed by atoms with Crippen LogP contribution in [0.25, 0.3) is 0 Å². The number of fused-ring (bicyclic) bond motifs is 2. The monoisotopic (exact) mass is 274 g/mol. The van der Waals surface area contributed by atoms with Crippen molar-refractivity contribution in [3.05, 3.63) is 81.5 Å². The van der Waals surface area contributed by atoms with Gasteiger partial charge in [0.1, 0.15) is 0 Å². The molecule has 3 aliphatic carbocycles. The Morgan fingerprint density at radius 2 is 2.05 bits per heavy atom. The van der Waals surface area contributed by atoms with E-state index in [2.05, 4.69) is 49.4 Å². The fraction of sp³-hybridized carbons (Fsp3) is 0.333. The first kappa shape index (κ1) is 12.9. The van der Waals surface area contributed by atoms with E-state index >= 15 is 0 Å². The van der Waals surface area contributed by atoms with Gasteiger partial charge in [0.05, 0.1) is 0 Å². The fourth-order valence-corrected chi connectivity index (χ4v) is 4.03. The van der Waals surface area contributed by atoms with E-state index in [1.165, 1.54) is 43.2 Å². The van der Waals surface area contributed by atoms with Crippen LogP contribution in [0.4, 0.5) is 0 Å². The van der Waals surface area contributed by atoms with Gasteiger partial charge < -0.3 is 0 Å². The standard InChI is InChI=1S/C21H22/c1-15-6-4-7-16(12-15)13-18-9-5-10-19-14-17-8-2-3-11-20(17)21(18)19/h3-4,6-7,10-12H,2,5,8-9,13-14H2,1H3. The molecule has 0 spiro atoms. The molecule has 0 aliphatic heterocycles. The minimum Gasteiger partial charge on any atom is -0.0836 e. The third-order valence-corrected chi connectivity index (χ3v) is 4.96. The Morgan fingerprint density at radius 1 is 1.10 bits per heavy atom. The molecule has 1 aromatic carbocycles. The van der Waals surface area contributed by atoms with E-state index in [9.17, 15) is 0 Å². The SMILES string of the molecule is Cc1cccc(CC2=C3C(=CCC2)CC2=C3C=CCC2)c1. The van der Waals surface area contributed by atoms with Crippen LogP contribution in [-0.2, 0) is 6.42 Å². The second-order valence-electron chi connectivity index (χ2n) is 6.55. The quantitative estimate of drug-likeness (QED) is 0.658. The molecule has 0 bridgehead atoms.